The number of para-hydroxylation sites is 1. The Labute approximate surface area is 128 Å². The second kappa shape index (κ2) is 7.32. The third kappa shape index (κ3) is 4.78. The van der Waals surface area contributed by atoms with E-state index in [0.717, 1.165) is 12.1 Å². The van der Waals surface area contributed by atoms with E-state index in [2.05, 4.69) is 4.72 Å². The zero-order valence-corrected chi connectivity index (χ0v) is 13.0. The molecule has 1 unspecified atom stereocenters. The predicted octanol–water partition coefficient (Wildman–Crippen LogP) is 1.62. The average molecular weight is 330 g/mol. The Balaban J connectivity index is 2.97. The maximum Gasteiger partial charge on any atom is 0.307 e. The molecule has 0 spiro atoms. The van der Waals surface area contributed by atoms with Crippen LogP contribution in [-0.4, -0.2) is 31.0 Å². The average Bonchev–Trinajstić information content (AvgIpc) is 2.42. The number of rotatable bonds is 8. The summed E-state index contributed by atoms with van der Waals surface area (Å²) in [4.78, 5) is 20.7. The van der Waals surface area contributed by atoms with E-state index >= 15 is 0 Å². The van der Waals surface area contributed by atoms with E-state index in [0.29, 0.717) is 6.42 Å². The van der Waals surface area contributed by atoms with Gasteiger partial charge in [0.2, 0.25) is 10.0 Å². The summed E-state index contributed by atoms with van der Waals surface area (Å²) in [6.45, 7) is 3.33. The summed E-state index contributed by atoms with van der Waals surface area (Å²) in [6, 6.07) is 4.91. The normalized spacial score (nSPS) is 13.0. The highest BCUT2D eigenvalue weighted by molar-refractivity contribution is 7.89. The van der Waals surface area contributed by atoms with Crippen molar-refractivity contribution < 1.29 is 23.2 Å². The number of nitro groups is 1. The fourth-order valence-electron chi connectivity index (χ4n) is 1.96. The lowest BCUT2D eigenvalue weighted by Gasteiger charge is -2.15. The van der Waals surface area contributed by atoms with Gasteiger partial charge >= 0.3 is 5.97 Å². The van der Waals surface area contributed by atoms with Gasteiger partial charge in [-0.3, -0.25) is 14.9 Å². The number of carboxylic acid groups (broad SMARTS) is 1. The van der Waals surface area contributed by atoms with Gasteiger partial charge < -0.3 is 5.11 Å². The smallest absolute Gasteiger partial charge is 0.307 e. The van der Waals surface area contributed by atoms with Crippen molar-refractivity contribution in [2.24, 2.45) is 11.8 Å². The van der Waals surface area contributed by atoms with Crippen LogP contribution in [-0.2, 0) is 14.8 Å². The Hall–Kier alpha value is -2.00. The van der Waals surface area contributed by atoms with Crippen LogP contribution in [0.4, 0.5) is 5.69 Å². The molecule has 0 aromatic heterocycles. The first-order valence-corrected chi connectivity index (χ1v) is 8.09. The maximum atomic E-state index is 12.2. The Morgan fingerprint density at radius 2 is 1.95 bits per heavy atom. The molecule has 1 aromatic carbocycles. The summed E-state index contributed by atoms with van der Waals surface area (Å²) in [6.07, 6.45) is 0.300. The van der Waals surface area contributed by atoms with E-state index in [-0.39, 0.29) is 12.5 Å². The highest BCUT2D eigenvalue weighted by Crippen LogP contribution is 2.23. The molecule has 2 N–H and O–H groups in total. The van der Waals surface area contributed by atoms with Crippen molar-refractivity contribution >= 4 is 21.7 Å². The van der Waals surface area contributed by atoms with Crippen LogP contribution in [0.25, 0.3) is 0 Å². The number of hydrogen-bond acceptors (Lipinski definition) is 5. The van der Waals surface area contributed by atoms with Crippen molar-refractivity contribution in [3.8, 4) is 0 Å². The fourth-order valence-corrected chi connectivity index (χ4v) is 3.22. The topological polar surface area (TPSA) is 127 Å². The summed E-state index contributed by atoms with van der Waals surface area (Å²) in [5.74, 6) is -1.92. The lowest BCUT2D eigenvalue weighted by Crippen LogP contribution is -2.34. The van der Waals surface area contributed by atoms with E-state index in [1.807, 2.05) is 13.8 Å². The van der Waals surface area contributed by atoms with Gasteiger partial charge in [0.25, 0.3) is 5.69 Å². The van der Waals surface area contributed by atoms with Gasteiger partial charge in [-0.2, -0.15) is 0 Å². The van der Waals surface area contributed by atoms with Gasteiger partial charge in [-0.05, 0) is 18.4 Å². The fraction of sp³-hybridized carbons (Fsp3) is 0.462. The summed E-state index contributed by atoms with van der Waals surface area (Å²) in [7, 11) is -4.16. The molecule has 0 saturated heterocycles. The predicted molar refractivity (Wildman–Crippen MR) is 78.9 cm³/mol. The SMILES string of the molecule is CC(C)CC(CNS(=O)(=O)c1ccccc1[N+](=O)[O-])C(=O)O. The summed E-state index contributed by atoms with van der Waals surface area (Å²) in [5.41, 5.74) is -0.550. The minimum Gasteiger partial charge on any atom is -0.481 e. The van der Waals surface area contributed by atoms with E-state index < -0.39 is 37.4 Å². The molecule has 1 rings (SSSR count). The van der Waals surface area contributed by atoms with Crippen molar-refractivity contribution in [1.29, 1.82) is 0 Å². The van der Waals surface area contributed by atoms with E-state index in [9.17, 15) is 23.3 Å². The summed E-state index contributed by atoms with van der Waals surface area (Å²) < 4.78 is 26.5. The molecule has 0 aliphatic carbocycles. The molecule has 0 heterocycles. The van der Waals surface area contributed by atoms with Crippen molar-refractivity contribution in [3.05, 3.63) is 34.4 Å². The standard InChI is InChI=1S/C13H18N2O6S/c1-9(2)7-10(13(16)17)8-14-22(20,21)12-6-4-3-5-11(12)15(18)19/h3-6,9-10,14H,7-8H2,1-2H3,(H,16,17). The maximum absolute atomic E-state index is 12.2. The van der Waals surface area contributed by atoms with Gasteiger partial charge in [0.05, 0.1) is 10.8 Å². The molecular formula is C13H18N2O6S. The first-order chi connectivity index (χ1) is 10.1. The van der Waals surface area contributed by atoms with E-state index in [1.165, 1.54) is 12.1 Å². The highest BCUT2D eigenvalue weighted by atomic mass is 32.2. The molecule has 0 amide bonds. The van der Waals surface area contributed by atoms with Gasteiger partial charge in [-0.1, -0.05) is 26.0 Å². The van der Waals surface area contributed by atoms with Crippen LogP contribution >= 0.6 is 0 Å². The number of carboxylic acids is 1. The number of nitrogens with one attached hydrogen (secondary N) is 1. The van der Waals surface area contributed by atoms with Crippen LogP contribution in [0.2, 0.25) is 0 Å². The van der Waals surface area contributed by atoms with Crippen molar-refractivity contribution in [1.82, 2.24) is 4.72 Å². The van der Waals surface area contributed by atoms with Crippen LogP contribution < -0.4 is 4.72 Å². The number of carbonyl (C=O) groups is 1. The Morgan fingerprint density at radius 3 is 2.45 bits per heavy atom. The molecule has 0 bridgehead atoms. The Kier molecular flexibility index (Phi) is 6.01. The minimum atomic E-state index is -4.16. The molecule has 9 heteroatoms. The number of aliphatic carboxylic acids is 1. The first kappa shape index (κ1) is 18.1. The zero-order valence-electron chi connectivity index (χ0n) is 12.2. The van der Waals surface area contributed by atoms with Crippen LogP contribution in [0.15, 0.2) is 29.2 Å². The highest BCUT2D eigenvalue weighted by Gasteiger charge is 2.27. The number of sulfonamides is 1. The summed E-state index contributed by atoms with van der Waals surface area (Å²) >= 11 is 0. The molecule has 22 heavy (non-hydrogen) atoms. The van der Waals surface area contributed by atoms with Crippen LogP contribution in [0.5, 0.6) is 0 Å². The Morgan fingerprint density at radius 1 is 1.36 bits per heavy atom. The summed E-state index contributed by atoms with van der Waals surface area (Å²) in [5, 5.41) is 20.0. The zero-order chi connectivity index (χ0) is 16.9. The molecule has 122 valence electrons. The molecule has 0 saturated carbocycles. The molecule has 0 aliphatic rings. The minimum absolute atomic E-state index is 0.0802. The quantitative estimate of drug-likeness (QED) is 0.551. The second-order valence-electron chi connectivity index (χ2n) is 5.24. The Bertz CT molecular complexity index is 656. The van der Waals surface area contributed by atoms with Crippen molar-refractivity contribution in [3.63, 3.8) is 0 Å². The molecule has 0 radical (unpaired) electrons. The van der Waals surface area contributed by atoms with Crippen molar-refractivity contribution in [2.45, 2.75) is 25.2 Å². The second-order valence-corrected chi connectivity index (χ2v) is 6.98. The number of hydrogen-bond donors (Lipinski definition) is 2. The molecule has 1 atom stereocenters. The number of nitrogens with zero attached hydrogens (tertiary/aromatic N) is 1. The molecule has 1 aromatic rings. The van der Waals surface area contributed by atoms with Crippen LogP contribution in [0.3, 0.4) is 0 Å². The largest absolute Gasteiger partial charge is 0.481 e. The lowest BCUT2D eigenvalue weighted by atomic mass is 9.98. The number of benzene rings is 1. The molecular weight excluding hydrogens is 312 g/mol. The van der Waals surface area contributed by atoms with Gasteiger partial charge in [-0.15, -0.1) is 0 Å². The van der Waals surface area contributed by atoms with Gasteiger partial charge in [0, 0.05) is 12.6 Å². The monoisotopic (exact) mass is 330 g/mol. The van der Waals surface area contributed by atoms with Crippen LogP contribution in [0, 0.1) is 22.0 Å². The third-order valence-corrected chi connectivity index (χ3v) is 4.45. The first-order valence-electron chi connectivity index (χ1n) is 6.61. The van der Waals surface area contributed by atoms with Gasteiger partial charge in [-0.25, -0.2) is 13.1 Å². The number of nitro benzene ring substituents is 1. The van der Waals surface area contributed by atoms with Gasteiger partial charge in [0.15, 0.2) is 4.90 Å². The molecule has 0 aliphatic heterocycles. The molecule has 0 fully saturated rings. The van der Waals surface area contributed by atoms with Gasteiger partial charge in [0.1, 0.15) is 0 Å². The van der Waals surface area contributed by atoms with E-state index in [1.54, 1.807) is 0 Å². The van der Waals surface area contributed by atoms with Crippen molar-refractivity contribution in [2.75, 3.05) is 6.54 Å². The van der Waals surface area contributed by atoms with E-state index in [4.69, 9.17) is 5.11 Å². The third-order valence-electron chi connectivity index (χ3n) is 2.98. The molecule has 8 nitrogen and oxygen atoms in total. The van der Waals surface area contributed by atoms with Crippen LogP contribution in [0.1, 0.15) is 20.3 Å². The lowest BCUT2D eigenvalue weighted by molar-refractivity contribution is -0.387.